The molecule has 1 saturated carbocycles. The summed E-state index contributed by atoms with van der Waals surface area (Å²) in [6.45, 7) is 4.41. The summed E-state index contributed by atoms with van der Waals surface area (Å²) in [7, 11) is 0. The van der Waals surface area contributed by atoms with Crippen molar-refractivity contribution in [3.8, 4) is 0 Å². The molecular weight excluding hydrogens is 186 g/mol. The van der Waals surface area contributed by atoms with E-state index in [1.807, 2.05) is 30.3 Å². The van der Waals surface area contributed by atoms with Crippen LogP contribution in [0, 0.1) is 5.41 Å². The van der Waals surface area contributed by atoms with Gasteiger partial charge >= 0.3 is 0 Å². The average Bonchev–Trinajstić information content (AvgIpc) is 2.16. The summed E-state index contributed by atoms with van der Waals surface area (Å²) < 4.78 is 0. The summed E-state index contributed by atoms with van der Waals surface area (Å²) in [6, 6.07) is 10.0. The number of rotatable bonds is 2. The molecule has 0 aromatic heterocycles. The predicted octanol–water partition coefficient (Wildman–Crippen LogP) is 3.04. The molecule has 1 aliphatic rings. The smallest absolute Gasteiger partial charge is 0.211 e. The first-order valence-corrected chi connectivity index (χ1v) is 5.23. The van der Waals surface area contributed by atoms with E-state index in [9.17, 15) is 4.79 Å². The first-order chi connectivity index (χ1) is 7.08. The van der Waals surface area contributed by atoms with Crippen LogP contribution >= 0.6 is 0 Å². The van der Waals surface area contributed by atoms with Crippen LogP contribution in [0.3, 0.4) is 0 Å². The van der Waals surface area contributed by atoms with Crippen molar-refractivity contribution in [2.75, 3.05) is 0 Å². The molecule has 15 heavy (non-hydrogen) atoms. The lowest BCUT2D eigenvalue weighted by molar-refractivity contribution is 0.0639. The fourth-order valence-electron chi connectivity index (χ4n) is 2.72. The van der Waals surface area contributed by atoms with Gasteiger partial charge in [-0.25, -0.2) is 4.79 Å². The number of isocyanates is 1. The second-order valence-electron chi connectivity index (χ2n) is 5.12. The van der Waals surface area contributed by atoms with Gasteiger partial charge in [0.05, 0.1) is 5.54 Å². The number of hydrogen-bond acceptors (Lipinski definition) is 2. The molecule has 2 rings (SSSR count). The molecule has 0 N–H and O–H groups in total. The maximum absolute atomic E-state index is 10.5. The monoisotopic (exact) mass is 201 g/mol. The molecule has 0 aliphatic heterocycles. The summed E-state index contributed by atoms with van der Waals surface area (Å²) in [4.78, 5) is 14.5. The van der Waals surface area contributed by atoms with E-state index in [4.69, 9.17) is 0 Å². The lowest BCUT2D eigenvalue weighted by Crippen LogP contribution is -2.45. The first-order valence-electron chi connectivity index (χ1n) is 5.23. The van der Waals surface area contributed by atoms with E-state index in [1.54, 1.807) is 6.08 Å². The van der Waals surface area contributed by atoms with Crippen LogP contribution in [-0.2, 0) is 10.3 Å². The molecular formula is C13H15NO. The van der Waals surface area contributed by atoms with Crippen molar-refractivity contribution in [1.82, 2.24) is 0 Å². The number of hydrogen-bond donors (Lipinski definition) is 0. The molecule has 0 bridgehead atoms. The zero-order chi connectivity index (χ0) is 10.9. The summed E-state index contributed by atoms with van der Waals surface area (Å²) >= 11 is 0. The van der Waals surface area contributed by atoms with Crippen LogP contribution in [0.1, 0.15) is 32.3 Å². The molecule has 0 spiro atoms. The van der Waals surface area contributed by atoms with E-state index in [2.05, 4.69) is 18.8 Å². The minimum atomic E-state index is -0.299. The van der Waals surface area contributed by atoms with Gasteiger partial charge in [-0.2, -0.15) is 4.99 Å². The van der Waals surface area contributed by atoms with E-state index < -0.39 is 0 Å². The highest BCUT2D eigenvalue weighted by atomic mass is 16.1. The quantitative estimate of drug-likeness (QED) is 0.534. The fraction of sp³-hybridized carbons (Fsp3) is 0.462. The summed E-state index contributed by atoms with van der Waals surface area (Å²) in [6.07, 6.45) is 3.58. The second-order valence-corrected chi connectivity index (χ2v) is 5.12. The molecule has 0 atom stereocenters. The average molecular weight is 201 g/mol. The van der Waals surface area contributed by atoms with Gasteiger partial charge in [0.2, 0.25) is 6.08 Å². The Bertz CT molecular complexity index is 394. The van der Waals surface area contributed by atoms with Gasteiger partial charge in [-0.15, -0.1) is 0 Å². The number of aliphatic imine (C=N–C) groups is 1. The molecule has 1 aromatic carbocycles. The van der Waals surface area contributed by atoms with Gasteiger partial charge in [-0.1, -0.05) is 44.2 Å². The maximum atomic E-state index is 10.5. The van der Waals surface area contributed by atoms with Crippen molar-refractivity contribution in [2.45, 2.75) is 32.2 Å². The molecule has 0 saturated heterocycles. The Labute approximate surface area is 90.0 Å². The highest BCUT2D eigenvalue weighted by Gasteiger charge is 2.50. The molecule has 1 aliphatic carbocycles. The standard InChI is InChI=1S/C13H15NO/c1-12(2)8-13(9-12,14-10-15)11-6-4-3-5-7-11/h3-7H,8-9H2,1-2H3. The number of nitrogens with zero attached hydrogens (tertiary/aromatic N) is 1. The SMILES string of the molecule is CC1(C)CC(N=C=O)(c2ccccc2)C1. The van der Waals surface area contributed by atoms with Crippen LogP contribution in [0.2, 0.25) is 0 Å². The van der Waals surface area contributed by atoms with Crippen molar-refractivity contribution in [3.05, 3.63) is 35.9 Å². The highest BCUT2D eigenvalue weighted by Crippen LogP contribution is 2.55. The third kappa shape index (κ3) is 1.73. The Balaban J connectivity index is 2.35. The molecule has 0 unspecified atom stereocenters. The predicted molar refractivity (Wildman–Crippen MR) is 59.3 cm³/mol. The number of carbonyl (C=O) groups excluding carboxylic acids is 1. The fourth-order valence-corrected chi connectivity index (χ4v) is 2.72. The molecule has 2 heteroatoms. The minimum Gasteiger partial charge on any atom is -0.211 e. The Morgan fingerprint density at radius 2 is 1.80 bits per heavy atom. The van der Waals surface area contributed by atoms with Gasteiger partial charge in [0, 0.05) is 0 Å². The van der Waals surface area contributed by atoms with Crippen LogP contribution < -0.4 is 0 Å². The maximum Gasteiger partial charge on any atom is 0.235 e. The lowest BCUT2D eigenvalue weighted by Gasteiger charge is -2.50. The Hall–Kier alpha value is -1.40. The molecule has 0 radical (unpaired) electrons. The minimum absolute atomic E-state index is 0.288. The van der Waals surface area contributed by atoms with Gasteiger partial charge in [0.25, 0.3) is 0 Å². The van der Waals surface area contributed by atoms with Gasteiger partial charge in [0.15, 0.2) is 0 Å². The van der Waals surface area contributed by atoms with Crippen molar-refractivity contribution in [1.29, 1.82) is 0 Å². The molecule has 78 valence electrons. The van der Waals surface area contributed by atoms with Crippen LogP contribution in [0.5, 0.6) is 0 Å². The van der Waals surface area contributed by atoms with Crippen molar-refractivity contribution in [3.63, 3.8) is 0 Å². The van der Waals surface area contributed by atoms with Gasteiger partial charge < -0.3 is 0 Å². The lowest BCUT2D eigenvalue weighted by atomic mass is 9.57. The zero-order valence-electron chi connectivity index (χ0n) is 9.16. The van der Waals surface area contributed by atoms with Gasteiger partial charge in [0.1, 0.15) is 0 Å². The topological polar surface area (TPSA) is 29.4 Å². The third-order valence-corrected chi connectivity index (χ3v) is 3.11. The van der Waals surface area contributed by atoms with Crippen LogP contribution in [0.4, 0.5) is 0 Å². The van der Waals surface area contributed by atoms with Crippen LogP contribution in [0.25, 0.3) is 0 Å². The molecule has 0 amide bonds. The third-order valence-electron chi connectivity index (χ3n) is 3.11. The zero-order valence-corrected chi connectivity index (χ0v) is 9.16. The molecule has 1 aromatic rings. The highest BCUT2D eigenvalue weighted by molar-refractivity contribution is 5.40. The van der Waals surface area contributed by atoms with E-state index in [0.717, 1.165) is 18.4 Å². The first kappa shape index (κ1) is 10.1. The number of benzene rings is 1. The van der Waals surface area contributed by atoms with Gasteiger partial charge in [-0.3, -0.25) is 0 Å². The van der Waals surface area contributed by atoms with E-state index in [-0.39, 0.29) is 11.0 Å². The summed E-state index contributed by atoms with van der Waals surface area (Å²) in [5, 5.41) is 0. The van der Waals surface area contributed by atoms with Crippen molar-refractivity contribution in [2.24, 2.45) is 10.4 Å². The summed E-state index contributed by atoms with van der Waals surface area (Å²) in [5.41, 5.74) is 1.12. The Kier molecular flexibility index (Phi) is 2.24. The molecule has 0 heterocycles. The van der Waals surface area contributed by atoms with E-state index in [1.165, 1.54) is 0 Å². The van der Waals surface area contributed by atoms with Crippen LogP contribution in [0.15, 0.2) is 35.3 Å². The van der Waals surface area contributed by atoms with Gasteiger partial charge in [-0.05, 0) is 23.8 Å². The van der Waals surface area contributed by atoms with Crippen molar-refractivity contribution >= 4 is 6.08 Å². The Morgan fingerprint density at radius 1 is 1.20 bits per heavy atom. The molecule has 1 fully saturated rings. The Morgan fingerprint density at radius 3 is 2.27 bits per heavy atom. The van der Waals surface area contributed by atoms with Crippen LogP contribution in [-0.4, -0.2) is 6.08 Å². The summed E-state index contributed by atoms with van der Waals surface area (Å²) in [5.74, 6) is 0. The largest absolute Gasteiger partial charge is 0.235 e. The van der Waals surface area contributed by atoms with E-state index in [0.29, 0.717) is 0 Å². The second kappa shape index (κ2) is 3.32. The normalized spacial score (nSPS) is 21.2. The molecule has 2 nitrogen and oxygen atoms in total. The van der Waals surface area contributed by atoms with E-state index >= 15 is 0 Å². The van der Waals surface area contributed by atoms with Crippen molar-refractivity contribution < 1.29 is 4.79 Å².